The maximum absolute atomic E-state index is 13.5. The minimum Gasteiger partial charge on any atom is -0.542 e. The van der Waals surface area contributed by atoms with Crippen molar-refractivity contribution in [1.82, 2.24) is 4.98 Å². The molecule has 0 unspecified atom stereocenters. The van der Waals surface area contributed by atoms with Gasteiger partial charge in [-0.15, -0.1) is 0 Å². The van der Waals surface area contributed by atoms with E-state index >= 15 is 0 Å². The molecule has 2 aromatic rings. The van der Waals surface area contributed by atoms with Crippen LogP contribution < -0.4 is 9.64 Å². The Morgan fingerprint density at radius 3 is 2.37 bits per heavy atom. The highest BCUT2D eigenvalue weighted by Gasteiger charge is 2.40. The summed E-state index contributed by atoms with van der Waals surface area (Å²) in [4.78, 5) is 19.3. The van der Waals surface area contributed by atoms with Crippen LogP contribution in [-0.2, 0) is 15.6 Å². The zero-order valence-electron chi connectivity index (χ0n) is 22.1. The van der Waals surface area contributed by atoms with E-state index in [1.165, 1.54) is 12.1 Å². The minimum absolute atomic E-state index is 0.0225. The van der Waals surface area contributed by atoms with E-state index in [2.05, 4.69) is 40.4 Å². The first-order valence-corrected chi connectivity index (χ1v) is 14.8. The Morgan fingerprint density at radius 2 is 1.80 bits per heavy atom. The number of ether oxygens (including phenoxy) is 2. The number of halogens is 1. The third-order valence-corrected chi connectivity index (χ3v) is 10.6. The number of aromatic nitrogens is 1. The van der Waals surface area contributed by atoms with Gasteiger partial charge >= 0.3 is 6.09 Å². The van der Waals surface area contributed by atoms with E-state index in [-0.39, 0.29) is 10.9 Å². The van der Waals surface area contributed by atoms with Gasteiger partial charge in [-0.3, -0.25) is 4.90 Å². The first-order valence-electron chi connectivity index (χ1n) is 11.9. The van der Waals surface area contributed by atoms with Crippen molar-refractivity contribution in [2.75, 3.05) is 18.1 Å². The molecule has 6 nitrogen and oxygen atoms in total. The largest absolute Gasteiger partial charge is 0.542 e. The van der Waals surface area contributed by atoms with Gasteiger partial charge in [0, 0.05) is 0 Å². The molecule has 0 spiro atoms. The normalized spacial score (nSPS) is 14.1. The lowest BCUT2D eigenvalue weighted by molar-refractivity contribution is 0.0566. The predicted octanol–water partition coefficient (Wildman–Crippen LogP) is 6.94. The number of hydrogen-bond acceptors (Lipinski definition) is 5. The number of fused-ring (bicyclic) bond motifs is 1. The van der Waals surface area contributed by atoms with E-state index in [0.717, 1.165) is 11.1 Å². The van der Waals surface area contributed by atoms with Gasteiger partial charge in [-0.25, -0.2) is 14.2 Å². The second-order valence-corrected chi connectivity index (χ2v) is 16.1. The Bertz CT molecular complexity index is 1100. The molecule has 0 saturated carbocycles. The first-order chi connectivity index (χ1) is 16.1. The van der Waals surface area contributed by atoms with Crippen molar-refractivity contribution in [3.05, 3.63) is 59.5 Å². The second-order valence-electron chi connectivity index (χ2n) is 11.4. The number of carbonyl (C=O) groups excluding carboxylic acids is 1. The van der Waals surface area contributed by atoms with Gasteiger partial charge in [-0.05, 0) is 74.7 Å². The number of nitrogens with zero attached hydrogens (tertiary/aromatic N) is 2. The van der Waals surface area contributed by atoms with Crippen molar-refractivity contribution in [2.24, 2.45) is 0 Å². The lowest BCUT2D eigenvalue weighted by Crippen LogP contribution is -2.42. The van der Waals surface area contributed by atoms with E-state index in [4.69, 9.17) is 18.9 Å². The standard InChI is InChI=1S/C27H37FN2O4Si/c1-18(34-35(8,9)27(5,6)7)23-20(16-19-10-12-21(28)13-11-19)17-22-24(29-23)32-15-14-30(22)25(31)33-26(2,3)4/h10-13,17H,1,14-16H2,2-9H3. The summed E-state index contributed by atoms with van der Waals surface area (Å²) in [6.07, 6.45) is -0.00142. The van der Waals surface area contributed by atoms with Crippen LogP contribution in [0.25, 0.3) is 5.76 Å². The molecule has 0 aliphatic carbocycles. The molecule has 190 valence electrons. The van der Waals surface area contributed by atoms with E-state index in [9.17, 15) is 9.18 Å². The predicted molar refractivity (Wildman–Crippen MR) is 140 cm³/mol. The van der Waals surface area contributed by atoms with Gasteiger partial charge in [0.15, 0.2) is 0 Å². The van der Waals surface area contributed by atoms with Gasteiger partial charge in [-0.2, -0.15) is 0 Å². The topological polar surface area (TPSA) is 60.9 Å². The summed E-state index contributed by atoms with van der Waals surface area (Å²) in [6, 6.07) is 8.20. The Morgan fingerprint density at radius 1 is 1.17 bits per heavy atom. The number of amides is 1. The molecule has 35 heavy (non-hydrogen) atoms. The van der Waals surface area contributed by atoms with Crippen LogP contribution in [-0.4, -0.2) is 38.1 Å². The van der Waals surface area contributed by atoms with Crippen molar-refractivity contribution < 1.29 is 23.1 Å². The third kappa shape index (κ3) is 6.42. The third-order valence-electron chi connectivity index (χ3n) is 6.26. The highest BCUT2D eigenvalue weighted by atomic mass is 28.4. The molecule has 1 aromatic heterocycles. The van der Waals surface area contributed by atoms with Crippen LogP contribution in [0.4, 0.5) is 14.9 Å². The molecule has 0 N–H and O–H groups in total. The molecule has 1 amide bonds. The van der Waals surface area contributed by atoms with E-state index in [1.54, 1.807) is 17.0 Å². The molecule has 1 aliphatic rings. The smallest absolute Gasteiger partial charge is 0.415 e. The second kappa shape index (κ2) is 9.64. The van der Waals surface area contributed by atoms with Crippen molar-refractivity contribution in [3.63, 3.8) is 0 Å². The van der Waals surface area contributed by atoms with Crippen LogP contribution in [0.15, 0.2) is 36.9 Å². The van der Waals surface area contributed by atoms with E-state index < -0.39 is 20.0 Å². The number of benzene rings is 1. The summed E-state index contributed by atoms with van der Waals surface area (Å²) in [5, 5.41) is -0.0225. The fourth-order valence-corrected chi connectivity index (χ4v) is 4.41. The Hall–Kier alpha value is -2.87. The number of anilines is 1. The number of rotatable bonds is 5. The highest BCUT2D eigenvalue weighted by Crippen LogP contribution is 2.41. The lowest BCUT2D eigenvalue weighted by Gasteiger charge is -2.37. The van der Waals surface area contributed by atoms with Crippen molar-refractivity contribution in [2.45, 2.75) is 71.7 Å². The van der Waals surface area contributed by atoms with Gasteiger partial charge < -0.3 is 13.9 Å². The van der Waals surface area contributed by atoms with Gasteiger partial charge in [-0.1, -0.05) is 39.5 Å². The number of hydrogen-bond donors (Lipinski definition) is 0. The molecule has 0 radical (unpaired) electrons. The molecule has 8 heteroatoms. The maximum atomic E-state index is 13.5. The molecular weight excluding hydrogens is 463 g/mol. The average molecular weight is 501 g/mol. The highest BCUT2D eigenvalue weighted by molar-refractivity contribution is 6.74. The summed E-state index contributed by atoms with van der Waals surface area (Å²) in [5.74, 6) is 0.502. The molecule has 0 bridgehead atoms. The monoisotopic (exact) mass is 500 g/mol. The fourth-order valence-electron chi connectivity index (χ4n) is 3.39. The van der Waals surface area contributed by atoms with Crippen LogP contribution in [0, 0.1) is 5.82 Å². The van der Waals surface area contributed by atoms with Crippen molar-refractivity contribution >= 4 is 25.9 Å². The summed E-state index contributed by atoms with van der Waals surface area (Å²) >= 11 is 0. The minimum atomic E-state index is -2.18. The molecule has 0 saturated heterocycles. The van der Waals surface area contributed by atoms with Crippen molar-refractivity contribution in [1.29, 1.82) is 0 Å². The Labute approximate surface area is 209 Å². The van der Waals surface area contributed by atoms with Crippen LogP contribution in [0.5, 0.6) is 5.88 Å². The Kier molecular flexibility index (Phi) is 7.36. The molecule has 3 rings (SSSR count). The summed E-state index contributed by atoms with van der Waals surface area (Å²) < 4.78 is 31.5. The molecule has 2 heterocycles. The van der Waals surface area contributed by atoms with Crippen LogP contribution in [0.3, 0.4) is 0 Å². The van der Waals surface area contributed by atoms with Gasteiger partial charge in [0.1, 0.15) is 35.2 Å². The summed E-state index contributed by atoms with van der Waals surface area (Å²) in [6.45, 7) is 21.1. The first kappa shape index (κ1) is 26.7. The zero-order chi connectivity index (χ0) is 26.2. The van der Waals surface area contributed by atoms with E-state index in [0.29, 0.717) is 42.6 Å². The SMILES string of the molecule is C=C(O[Si](C)(C)C(C)(C)C)c1nc2c(cc1Cc1ccc(F)cc1)N(C(=O)OC(C)(C)C)CCO2. The zero-order valence-corrected chi connectivity index (χ0v) is 23.1. The number of carbonyl (C=O) groups is 1. The molecular formula is C27H37FN2O4Si. The van der Waals surface area contributed by atoms with Crippen LogP contribution in [0.1, 0.15) is 58.4 Å². The number of pyridine rings is 1. The molecule has 0 atom stereocenters. The average Bonchev–Trinajstić information content (AvgIpc) is 2.72. The van der Waals surface area contributed by atoms with Crippen molar-refractivity contribution in [3.8, 4) is 5.88 Å². The molecule has 1 aliphatic heterocycles. The quantitative estimate of drug-likeness (QED) is 0.329. The molecule has 1 aromatic carbocycles. The maximum Gasteiger partial charge on any atom is 0.415 e. The summed E-state index contributed by atoms with van der Waals surface area (Å²) in [5.41, 5.74) is 2.18. The van der Waals surface area contributed by atoms with Crippen LogP contribution in [0.2, 0.25) is 18.1 Å². The fraction of sp³-hybridized carbons (Fsp3) is 0.481. The van der Waals surface area contributed by atoms with Gasteiger partial charge in [0.2, 0.25) is 5.88 Å². The summed E-state index contributed by atoms with van der Waals surface area (Å²) in [7, 11) is -2.18. The Balaban J connectivity index is 2.06. The lowest BCUT2D eigenvalue weighted by atomic mass is 10.0. The molecule has 0 fully saturated rings. The van der Waals surface area contributed by atoms with Gasteiger partial charge in [0.25, 0.3) is 8.32 Å². The van der Waals surface area contributed by atoms with Gasteiger partial charge in [0.05, 0.1) is 6.54 Å². The van der Waals surface area contributed by atoms with E-state index in [1.807, 2.05) is 26.8 Å². The van der Waals surface area contributed by atoms with Crippen LogP contribution >= 0.6 is 0 Å².